The molecule has 2 fully saturated rings. The third kappa shape index (κ3) is 4.69. The number of imidazole rings is 1. The monoisotopic (exact) mass is 442 g/mol. The molecule has 2 aliphatic heterocycles. The van der Waals surface area contributed by atoms with Gasteiger partial charge >= 0.3 is 12.0 Å². The number of aromatic nitrogens is 2. The molecule has 1 aromatic heterocycles. The van der Waals surface area contributed by atoms with Gasteiger partial charge in [0.1, 0.15) is 12.4 Å². The van der Waals surface area contributed by atoms with Crippen molar-refractivity contribution in [3.63, 3.8) is 0 Å². The Morgan fingerprint density at radius 1 is 1.03 bits per heavy atom. The van der Waals surface area contributed by atoms with Crippen molar-refractivity contribution in [3.05, 3.63) is 29.6 Å². The van der Waals surface area contributed by atoms with Crippen LogP contribution in [-0.4, -0.2) is 95.1 Å². The second-order valence-corrected chi connectivity index (χ2v) is 8.29. The van der Waals surface area contributed by atoms with E-state index in [9.17, 15) is 14.4 Å². The summed E-state index contributed by atoms with van der Waals surface area (Å²) in [6.07, 6.45) is 2.14. The van der Waals surface area contributed by atoms with E-state index in [1.54, 1.807) is 4.90 Å². The van der Waals surface area contributed by atoms with E-state index in [1.165, 1.54) is 7.11 Å². The van der Waals surface area contributed by atoms with Crippen LogP contribution in [0.15, 0.2) is 18.2 Å². The molecule has 4 rings (SSSR count). The summed E-state index contributed by atoms with van der Waals surface area (Å²) in [6.45, 7) is 4.78. The van der Waals surface area contributed by atoms with Crippen LogP contribution in [0.5, 0.6) is 0 Å². The highest BCUT2D eigenvalue weighted by molar-refractivity contribution is 5.97. The zero-order valence-corrected chi connectivity index (χ0v) is 18.7. The van der Waals surface area contributed by atoms with Crippen molar-refractivity contribution in [2.45, 2.75) is 19.4 Å². The molecule has 10 nitrogen and oxygen atoms in total. The van der Waals surface area contributed by atoms with Crippen LogP contribution in [0.2, 0.25) is 0 Å². The highest BCUT2D eigenvalue weighted by atomic mass is 16.5. The van der Waals surface area contributed by atoms with E-state index in [0.717, 1.165) is 42.8 Å². The number of piperazine rings is 1. The summed E-state index contributed by atoms with van der Waals surface area (Å²) >= 11 is 0. The number of nitrogens with zero attached hydrogens (tertiary/aromatic N) is 5. The summed E-state index contributed by atoms with van der Waals surface area (Å²) in [5.41, 5.74) is 2.52. The molecule has 0 unspecified atom stereocenters. The molecule has 0 spiro atoms. The second-order valence-electron chi connectivity index (χ2n) is 8.29. The van der Waals surface area contributed by atoms with E-state index < -0.39 is 5.97 Å². The molecule has 2 aromatic rings. The highest BCUT2D eigenvalue weighted by Gasteiger charge is 2.24. The number of amides is 3. The lowest BCUT2D eigenvalue weighted by Crippen LogP contribution is -2.52. The van der Waals surface area contributed by atoms with Gasteiger partial charge in [-0.3, -0.25) is 14.5 Å². The predicted molar refractivity (Wildman–Crippen MR) is 118 cm³/mol. The van der Waals surface area contributed by atoms with Gasteiger partial charge in [-0.1, -0.05) is 0 Å². The number of esters is 1. The number of benzene rings is 1. The fraction of sp³-hybridized carbons (Fsp3) is 0.545. The van der Waals surface area contributed by atoms with E-state index in [1.807, 2.05) is 30.1 Å². The van der Waals surface area contributed by atoms with Crippen molar-refractivity contribution >= 4 is 28.9 Å². The van der Waals surface area contributed by atoms with Gasteiger partial charge in [0.05, 0.1) is 24.7 Å². The van der Waals surface area contributed by atoms with Crippen molar-refractivity contribution in [3.8, 4) is 0 Å². The number of fused-ring (bicyclic) bond motifs is 1. The van der Waals surface area contributed by atoms with Crippen LogP contribution in [-0.2, 0) is 23.1 Å². The first kappa shape index (κ1) is 22.1. The first-order chi connectivity index (χ1) is 15.5. The van der Waals surface area contributed by atoms with Gasteiger partial charge in [-0.25, -0.2) is 9.78 Å². The molecule has 32 heavy (non-hydrogen) atoms. The Labute approximate surface area is 187 Å². The largest absolute Gasteiger partial charge is 0.468 e. The molecule has 3 heterocycles. The number of methoxy groups -OCH3 is 1. The molecule has 0 atom stereocenters. The standard InChI is InChI=1S/C22H30N6O4/c1-25-18-6-5-16(21(30)27-7-3-4-8-27)13-17(18)24-19(25)15-26-9-11-28(12-10-26)22(31)23-14-20(29)32-2/h5-6,13H,3-4,7-12,14-15H2,1-2H3,(H,23,31). The van der Waals surface area contributed by atoms with Gasteiger partial charge in [0.15, 0.2) is 0 Å². The Kier molecular flexibility index (Phi) is 6.59. The number of carbonyl (C=O) groups excluding carboxylic acids is 3. The molecule has 1 N–H and O–H groups in total. The van der Waals surface area contributed by atoms with Gasteiger partial charge < -0.3 is 24.4 Å². The van der Waals surface area contributed by atoms with Gasteiger partial charge in [0.2, 0.25) is 0 Å². The molecular formula is C22H30N6O4. The minimum atomic E-state index is -0.468. The molecule has 0 radical (unpaired) electrons. The lowest BCUT2D eigenvalue weighted by atomic mass is 10.2. The molecule has 3 amide bonds. The number of hydrogen-bond donors (Lipinski definition) is 1. The Bertz CT molecular complexity index is 1010. The van der Waals surface area contributed by atoms with Crippen LogP contribution in [0.4, 0.5) is 4.79 Å². The number of hydrogen-bond acceptors (Lipinski definition) is 6. The Morgan fingerprint density at radius 2 is 1.75 bits per heavy atom. The number of rotatable bonds is 5. The third-order valence-corrected chi connectivity index (χ3v) is 6.25. The van der Waals surface area contributed by atoms with E-state index in [4.69, 9.17) is 4.98 Å². The van der Waals surface area contributed by atoms with E-state index >= 15 is 0 Å². The SMILES string of the molecule is COC(=O)CNC(=O)N1CCN(Cc2nc3cc(C(=O)N4CCCC4)ccc3n2C)CC1. The van der Waals surface area contributed by atoms with Gasteiger partial charge in [0.25, 0.3) is 5.91 Å². The summed E-state index contributed by atoms with van der Waals surface area (Å²) < 4.78 is 6.61. The molecule has 2 aliphatic rings. The van der Waals surface area contributed by atoms with Crippen LogP contribution in [0.25, 0.3) is 11.0 Å². The Balaban J connectivity index is 1.36. The van der Waals surface area contributed by atoms with Gasteiger partial charge in [0, 0.05) is 51.9 Å². The Hall–Kier alpha value is -3.14. The van der Waals surface area contributed by atoms with Crippen molar-refractivity contribution in [1.29, 1.82) is 0 Å². The van der Waals surface area contributed by atoms with Crippen LogP contribution in [0, 0.1) is 0 Å². The third-order valence-electron chi connectivity index (χ3n) is 6.25. The maximum atomic E-state index is 12.7. The number of carbonyl (C=O) groups is 3. The molecule has 0 saturated carbocycles. The smallest absolute Gasteiger partial charge is 0.325 e. The van der Waals surface area contributed by atoms with Gasteiger partial charge in [-0.15, -0.1) is 0 Å². The lowest BCUT2D eigenvalue weighted by molar-refractivity contribution is -0.139. The average Bonchev–Trinajstić information content (AvgIpc) is 3.46. The molecule has 172 valence electrons. The summed E-state index contributed by atoms with van der Waals surface area (Å²) in [7, 11) is 3.28. The molecule has 10 heteroatoms. The van der Waals surface area contributed by atoms with Crippen LogP contribution >= 0.6 is 0 Å². The van der Waals surface area contributed by atoms with E-state index in [2.05, 4.69) is 19.5 Å². The number of urea groups is 1. The van der Waals surface area contributed by atoms with Crippen molar-refractivity contribution in [2.75, 3.05) is 52.9 Å². The summed E-state index contributed by atoms with van der Waals surface area (Å²) in [4.78, 5) is 46.7. The van der Waals surface area contributed by atoms with Crippen LogP contribution < -0.4 is 5.32 Å². The maximum absolute atomic E-state index is 12.7. The normalized spacial score (nSPS) is 17.1. The quantitative estimate of drug-likeness (QED) is 0.688. The first-order valence-electron chi connectivity index (χ1n) is 11.0. The summed E-state index contributed by atoms with van der Waals surface area (Å²) in [5.74, 6) is 0.539. The first-order valence-corrected chi connectivity index (χ1v) is 11.0. The minimum Gasteiger partial charge on any atom is -0.468 e. The van der Waals surface area contributed by atoms with Gasteiger partial charge in [-0.05, 0) is 31.0 Å². The molecule has 2 saturated heterocycles. The van der Waals surface area contributed by atoms with E-state index in [0.29, 0.717) is 38.3 Å². The predicted octanol–water partition coefficient (Wildman–Crippen LogP) is 0.810. The Morgan fingerprint density at radius 3 is 2.44 bits per heavy atom. The number of likely N-dealkylation sites (tertiary alicyclic amines) is 1. The number of ether oxygens (including phenoxy) is 1. The van der Waals surface area contributed by atoms with E-state index in [-0.39, 0.29) is 18.5 Å². The topological polar surface area (TPSA) is 100 Å². The fourth-order valence-corrected chi connectivity index (χ4v) is 4.27. The number of aryl methyl sites for hydroxylation is 1. The number of nitrogens with one attached hydrogen (secondary N) is 1. The minimum absolute atomic E-state index is 0.0817. The second kappa shape index (κ2) is 9.56. The van der Waals surface area contributed by atoms with Crippen molar-refractivity contribution < 1.29 is 19.1 Å². The zero-order valence-electron chi connectivity index (χ0n) is 18.7. The van der Waals surface area contributed by atoms with Crippen LogP contribution in [0.1, 0.15) is 29.0 Å². The lowest BCUT2D eigenvalue weighted by Gasteiger charge is -2.34. The van der Waals surface area contributed by atoms with Crippen molar-refractivity contribution in [1.82, 2.24) is 29.6 Å². The molecule has 0 bridgehead atoms. The summed E-state index contributed by atoms with van der Waals surface area (Å²) in [6, 6.07) is 5.50. The maximum Gasteiger partial charge on any atom is 0.325 e. The summed E-state index contributed by atoms with van der Waals surface area (Å²) in [5, 5.41) is 2.58. The zero-order chi connectivity index (χ0) is 22.7. The fourth-order valence-electron chi connectivity index (χ4n) is 4.27. The molecule has 1 aromatic carbocycles. The molecular weight excluding hydrogens is 412 g/mol. The van der Waals surface area contributed by atoms with Gasteiger partial charge in [-0.2, -0.15) is 0 Å². The average molecular weight is 443 g/mol. The molecule has 0 aliphatic carbocycles. The van der Waals surface area contributed by atoms with Crippen molar-refractivity contribution in [2.24, 2.45) is 7.05 Å². The highest BCUT2D eigenvalue weighted by Crippen LogP contribution is 2.21. The van der Waals surface area contributed by atoms with Crippen LogP contribution in [0.3, 0.4) is 0 Å².